The van der Waals surface area contributed by atoms with E-state index >= 15 is 0 Å². The van der Waals surface area contributed by atoms with Crippen molar-refractivity contribution in [2.45, 2.75) is 39.8 Å². The zero-order valence-electron chi connectivity index (χ0n) is 11.8. The van der Waals surface area contributed by atoms with Gasteiger partial charge in [0, 0.05) is 13.6 Å². The molecule has 0 saturated heterocycles. The average molecular weight is 248 g/mol. The van der Waals surface area contributed by atoms with Crippen LogP contribution in [0, 0.1) is 12.8 Å². The largest absolute Gasteiger partial charge is 0.340 e. The molecule has 0 radical (unpaired) electrons. The lowest BCUT2D eigenvalue weighted by Gasteiger charge is -2.24. The fourth-order valence-corrected chi connectivity index (χ4v) is 1.91. The lowest BCUT2D eigenvalue weighted by atomic mass is 9.99. The van der Waals surface area contributed by atoms with Crippen molar-refractivity contribution < 1.29 is 4.79 Å². The van der Waals surface area contributed by atoms with Gasteiger partial charge in [-0.05, 0) is 18.4 Å². The van der Waals surface area contributed by atoms with E-state index in [1.165, 1.54) is 5.56 Å². The van der Waals surface area contributed by atoms with E-state index < -0.39 is 6.04 Å². The Morgan fingerprint density at radius 3 is 2.67 bits per heavy atom. The summed E-state index contributed by atoms with van der Waals surface area (Å²) in [4.78, 5) is 13.8. The molecule has 2 N–H and O–H groups in total. The van der Waals surface area contributed by atoms with Crippen LogP contribution in [0.1, 0.15) is 31.4 Å². The quantitative estimate of drug-likeness (QED) is 0.869. The second-order valence-corrected chi connectivity index (χ2v) is 5.09. The molecule has 0 bridgehead atoms. The molecule has 0 heterocycles. The zero-order valence-corrected chi connectivity index (χ0v) is 11.8. The van der Waals surface area contributed by atoms with Crippen LogP contribution in [-0.2, 0) is 11.3 Å². The molecule has 100 valence electrons. The number of nitrogens with two attached hydrogens (primary N) is 1. The molecule has 0 aromatic heterocycles. The molecular weight excluding hydrogens is 224 g/mol. The van der Waals surface area contributed by atoms with Crippen LogP contribution in [0.25, 0.3) is 0 Å². The van der Waals surface area contributed by atoms with Gasteiger partial charge in [0.1, 0.15) is 0 Å². The predicted octanol–water partition coefficient (Wildman–Crippen LogP) is 2.33. The highest BCUT2D eigenvalue weighted by molar-refractivity contribution is 5.81. The highest BCUT2D eigenvalue weighted by Gasteiger charge is 2.22. The maximum atomic E-state index is 12.1. The monoisotopic (exact) mass is 248 g/mol. The number of hydrogen-bond acceptors (Lipinski definition) is 2. The van der Waals surface area contributed by atoms with E-state index in [4.69, 9.17) is 5.73 Å². The third-order valence-electron chi connectivity index (χ3n) is 3.42. The highest BCUT2D eigenvalue weighted by Crippen LogP contribution is 2.11. The number of likely N-dealkylation sites (N-methyl/N-ethyl adjacent to an activating group) is 1. The molecule has 0 spiro atoms. The van der Waals surface area contributed by atoms with Crippen molar-refractivity contribution in [1.29, 1.82) is 0 Å². The minimum Gasteiger partial charge on any atom is -0.340 e. The average Bonchev–Trinajstić information content (AvgIpc) is 2.36. The van der Waals surface area contributed by atoms with Gasteiger partial charge in [0.15, 0.2) is 0 Å². The number of aryl methyl sites for hydroxylation is 1. The zero-order chi connectivity index (χ0) is 13.7. The molecular formula is C15H24N2O. The fraction of sp³-hybridized carbons (Fsp3) is 0.533. The number of hydrogen-bond donors (Lipinski definition) is 1. The van der Waals surface area contributed by atoms with Crippen molar-refractivity contribution in [3.05, 3.63) is 35.4 Å². The third kappa shape index (κ3) is 3.84. The van der Waals surface area contributed by atoms with Gasteiger partial charge in [-0.1, -0.05) is 50.1 Å². The van der Waals surface area contributed by atoms with Crippen LogP contribution in [0.5, 0.6) is 0 Å². The van der Waals surface area contributed by atoms with Crippen molar-refractivity contribution in [3.8, 4) is 0 Å². The number of carbonyl (C=O) groups is 1. The SMILES string of the molecule is CCC(C)[C@H](N)C(=O)N(C)Cc1cccc(C)c1. The second kappa shape index (κ2) is 6.55. The number of benzene rings is 1. The first-order valence-corrected chi connectivity index (χ1v) is 6.51. The molecule has 1 aromatic carbocycles. The van der Waals surface area contributed by atoms with Crippen LogP contribution in [0.3, 0.4) is 0 Å². The second-order valence-electron chi connectivity index (χ2n) is 5.09. The Hall–Kier alpha value is -1.35. The first-order chi connectivity index (χ1) is 8.45. The molecule has 3 heteroatoms. The summed E-state index contributed by atoms with van der Waals surface area (Å²) in [6.07, 6.45) is 0.922. The number of amides is 1. The van der Waals surface area contributed by atoms with Gasteiger partial charge < -0.3 is 10.6 Å². The molecule has 0 aliphatic heterocycles. The van der Waals surface area contributed by atoms with Gasteiger partial charge in [-0.25, -0.2) is 0 Å². The van der Waals surface area contributed by atoms with Crippen LogP contribution in [0.15, 0.2) is 24.3 Å². The van der Waals surface area contributed by atoms with Crippen molar-refractivity contribution in [2.24, 2.45) is 11.7 Å². The molecule has 1 aromatic rings. The Bertz CT molecular complexity index is 403. The van der Waals surface area contributed by atoms with Crippen LogP contribution in [0.4, 0.5) is 0 Å². The van der Waals surface area contributed by atoms with Gasteiger partial charge in [0.05, 0.1) is 6.04 Å². The molecule has 18 heavy (non-hydrogen) atoms. The van der Waals surface area contributed by atoms with Crippen LogP contribution >= 0.6 is 0 Å². The Kier molecular flexibility index (Phi) is 5.35. The van der Waals surface area contributed by atoms with E-state index in [-0.39, 0.29) is 11.8 Å². The summed E-state index contributed by atoms with van der Waals surface area (Å²) in [5.41, 5.74) is 8.31. The first-order valence-electron chi connectivity index (χ1n) is 6.51. The van der Waals surface area contributed by atoms with Gasteiger partial charge in [-0.3, -0.25) is 4.79 Å². The summed E-state index contributed by atoms with van der Waals surface area (Å²) in [5.74, 6) is 0.239. The van der Waals surface area contributed by atoms with E-state index in [0.29, 0.717) is 6.54 Å². The molecule has 0 saturated carbocycles. The van der Waals surface area contributed by atoms with E-state index in [1.807, 2.05) is 26.1 Å². The summed E-state index contributed by atoms with van der Waals surface area (Å²) in [6, 6.07) is 7.79. The Morgan fingerprint density at radius 1 is 1.44 bits per heavy atom. The van der Waals surface area contributed by atoms with Gasteiger partial charge in [0.25, 0.3) is 0 Å². The normalized spacial score (nSPS) is 14.1. The minimum atomic E-state index is -0.398. The van der Waals surface area contributed by atoms with Crippen molar-refractivity contribution in [2.75, 3.05) is 7.05 Å². The molecule has 1 unspecified atom stereocenters. The maximum Gasteiger partial charge on any atom is 0.239 e. The summed E-state index contributed by atoms with van der Waals surface area (Å²) in [7, 11) is 1.81. The standard InChI is InChI=1S/C15H24N2O/c1-5-12(3)14(16)15(18)17(4)10-13-8-6-7-11(2)9-13/h6-9,12,14H,5,10,16H2,1-4H3/t12?,14-/m0/s1. The summed E-state index contributed by atoms with van der Waals surface area (Å²) in [5, 5.41) is 0. The third-order valence-corrected chi connectivity index (χ3v) is 3.42. The Labute approximate surface area is 110 Å². The van der Waals surface area contributed by atoms with Crippen LogP contribution in [0.2, 0.25) is 0 Å². The highest BCUT2D eigenvalue weighted by atomic mass is 16.2. The van der Waals surface area contributed by atoms with E-state index in [1.54, 1.807) is 4.90 Å². The minimum absolute atomic E-state index is 0.0193. The van der Waals surface area contributed by atoms with Crippen molar-refractivity contribution in [3.63, 3.8) is 0 Å². The smallest absolute Gasteiger partial charge is 0.239 e. The van der Waals surface area contributed by atoms with Crippen molar-refractivity contribution in [1.82, 2.24) is 4.90 Å². The molecule has 2 atom stereocenters. The first kappa shape index (κ1) is 14.7. The molecule has 0 fully saturated rings. The summed E-state index contributed by atoms with van der Waals surface area (Å²) in [6.45, 7) is 6.74. The Morgan fingerprint density at radius 2 is 2.11 bits per heavy atom. The Balaban J connectivity index is 2.65. The molecule has 1 rings (SSSR count). The van der Waals surface area contributed by atoms with Crippen LogP contribution < -0.4 is 5.73 Å². The number of rotatable bonds is 5. The van der Waals surface area contributed by atoms with Crippen molar-refractivity contribution >= 4 is 5.91 Å². The summed E-state index contributed by atoms with van der Waals surface area (Å²) < 4.78 is 0. The molecule has 0 aliphatic rings. The fourth-order valence-electron chi connectivity index (χ4n) is 1.91. The van der Waals surface area contributed by atoms with Gasteiger partial charge in [-0.2, -0.15) is 0 Å². The van der Waals surface area contributed by atoms with Gasteiger partial charge in [-0.15, -0.1) is 0 Å². The topological polar surface area (TPSA) is 46.3 Å². The van der Waals surface area contributed by atoms with E-state index in [9.17, 15) is 4.79 Å². The number of nitrogens with zero attached hydrogens (tertiary/aromatic N) is 1. The van der Waals surface area contributed by atoms with E-state index in [0.717, 1.165) is 12.0 Å². The number of carbonyl (C=O) groups excluding carboxylic acids is 1. The maximum absolute atomic E-state index is 12.1. The van der Waals surface area contributed by atoms with Crippen LogP contribution in [-0.4, -0.2) is 23.9 Å². The lowest BCUT2D eigenvalue weighted by molar-refractivity contribution is -0.132. The molecule has 3 nitrogen and oxygen atoms in total. The molecule has 1 amide bonds. The van der Waals surface area contributed by atoms with Gasteiger partial charge >= 0.3 is 0 Å². The van der Waals surface area contributed by atoms with Gasteiger partial charge in [0.2, 0.25) is 5.91 Å². The lowest BCUT2D eigenvalue weighted by Crippen LogP contribution is -2.45. The summed E-state index contributed by atoms with van der Waals surface area (Å²) >= 11 is 0. The predicted molar refractivity (Wildman–Crippen MR) is 75.1 cm³/mol. The molecule has 0 aliphatic carbocycles. The van der Waals surface area contributed by atoms with E-state index in [2.05, 4.69) is 26.0 Å².